The molecule has 1 fully saturated rings. The Hall–Kier alpha value is -2.77. The number of nitrogens with one attached hydrogen (secondary N) is 1. The average Bonchev–Trinajstić information content (AvgIpc) is 3.09. The van der Waals surface area contributed by atoms with Crippen LogP contribution >= 0.6 is 12.4 Å². The smallest absolute Gasteiger partial charge is 0.276 e. The normalized spacial score (nSPS) is 16.4. The van der Waals surface area contributed by atoms with E-state index in [1.54, 1.807) is 17.1 Å². The molecule has 1 saturated heterocycles. The van der Waals surface area contributed by atoms with Crippen LogP contribution in [0.4, 0.5) is 0 Å². The van der Waals surface area contributed by atoms with Gasteiger partial charge >= 0.3 is 0 Å². The minimum atomic E-state index is -0.0964. The van der Waals surface area contributed by atoms with Crippen molar-refractivity contribution in [1.29, 1.82) is 0 Å². The molecule has 1 atom stereocenters. The van der Waals surface area contributed by atoms with Gasteiger partial charge in [0.2, 0.25) is 0 Å². The molecule has 3 aromatic rings. The van der Waals surface area contributed by atoms with E-state index in [9.17, 15) is 4.79 Å². The van der Waals surface area contributed by atoms with Crippen molar-refractivity contribution in [3.05, 3.63) is 71.8 Å². The van der Waals surface area contributed by atoms with Crippen LogP contribution in [0, 0.1) is 6.92 Å². The van der Waals surface area contributed by atoms with Crippen molar-refractivity contribution < 1.29 is 4.79 Å². The van der Waals surface area contributed by atoms with Crippen LogP contribution in [0.5, 0.6) is 0 Å². The summed E-state index contributed by atoms with van der Waals surface area (Å²) in [6.45, 7) is 4.41. The first kappa shape index (κ1) is 21.9. The number of halogens is 1. The maximum Gasteiger partial charge on any atom is 0.276 e. The lowest BCUT2D eigenvalue weighted by atomic mass is 10.1. The van der Waals surface area contributed by atoms with Crippen LogP contribution in [0.25, 0.3) is 5.69 Å². The highest BCUT2D eigenvalue weighted by Gasteiger charge is 2.28. The van der Waals surface area contributed by atoms with Crippen molar-refractivity contribution in [2.45, 2.75) is 38.8 Å². The summed E-state index contributed by atoms with van der Waals surface area (Å²) < 4.78 is 1.65. The Morgan fingerprint density at radius 3 is 2.77 bits per heavy atom. The molecule has 0 aliphatic carbocycles. The number of carbonyl (C=O) groups is 1. The Kier molecular flexibility index (Phi) is 7.54. The molecule has 1 amide bonds. The van der Waals surface area contributed by atoms with Crippen LogP contribution in [0.3, 0.4) is 0 Å². The highest BCUT2D eigenvalue weighted by molar-refractivity contribution is 5.92. The van der Waals surface area contributed by atoms with Gasteiger partial charge in [0, 0.05) is 12.2 Å². The first-order valence-corrected chi connectivity index (χ1v) is 10.1. The fraction of sp³-hybridized carbons (Fsp3) is 0.364. The third-order valence-corrected chi connectivity index (χ3v) is 5.32. The number of hydrogen-bond donors (Lipinski definition) is 1. The highest BCUT2D eigenvalue weighted by Crippen LogP contribution is 2.19. The zero-order valence-electron chi connectivity index (χ0n) is 17.1. The van der Waals surface area contributed by atoms with E-state index in [0.29, 0.717) is 12.2 Å². The molecule has 158 valence electrons. The molecule has 8 heteroatoms. The summed E-state index contributed by atoms with van der Waals surface area (Å²) in [6.07, 6.45) is 6.42. The summed E-state index contributed by atoms with van der Waals surface area (Å²) in [4.78, 5) is 19.8. The van der Waals surface area contributed by atoms with Gasteiger partial charge in [-0.15, -0.1) is 17.5 Å². The predicted molar refractivity (Wildman–Crippen MR) is 118 cm³/mol. The maximum absolute atomic E-state index is 13.4. The number of hydrogen-bond acceptors (Lipinski definition) is 5. The Labute approximate surface area is 182 Å². The van der Waals surface area contributed by atoms with Gasteiger partial charge in [-0.3, -0.25) is 9.78 Å². The van der Waals surface area contributed by atoms with Crippen LogP contribution in [-0.4, -0.2) is 49.9 Å². The van der Waals surface area contributed by atoms with Gasteiger partial charge in [0.15, 0.2) is 5.69 Å². The number of pyridine rings is 1. The molecule has 30 heavy (non-hydrogen) atoms. The van der Waals surface area contributed by atoms with E-state index in [1.807, 2.05) is 54.3 Å². The zero-order chi connectivity index (χ0) is 20.1. The SMILES string of the molecule is Cc1ccc(-n2cc(C(=O)N(Cc3ccccn3)C3CCCNCC3)nn2)cc1.Cl. The summed E-state index contributed by atoms with van der Waals surface area (Å²) >= 11 is 0. The van der Waals surface area contributed by atoms with Gasteiger partial charge in [0.1, 0.15) is 0 Å². The third-order valence-electron chi connectivity index (χ3n) is 5.32. The van der Waals surface area contributed by atoms with Gasteiger partial charge < -0.3 is 10.2 Å². The molecule has 7 nitrogen and oxygen atoms in total. The molecule has 0 bridgehead atoms. The molecular weight excluding hydrogens is 400 g/mol. The Morgan fingerprint density at radius 1 is 1.17 bits per heavy atom. The van der Waals surface area contributed by atoms with Crippen LogP contribution in [0.2, 0.25) is 0 Å². The van der Waals surface area contributed by atoms with E-state index in [1.165, 1.54) is 5.56 Å². The Bertz CT molecular complexity index is 936. The van der Waals surface area contributed by atoms with Gasteiger partial charge in [-0.05, 0) is 63.5 Å². The van der Waals surface area contributed by atoms with Crippen LogP contribution in [-0.2, 0) is 6.54 Å². The molecule has 3 heterocycles. The topological polar surface area (TPSA) is 75.9 Å². The molecule has 4 rings (SSSR count). The van der Waals surface area contributed by atoms with Gasteiger partial charge in [-0.25, -0.2) is 4.68 Å². The number of aryl methyl sites for hydroxylation is 1. The number of carbonyl (C=O) groups excluding carboxylic acids is 1. The molecule has 0 spiro atoms. The molecule has 0 radical (unpaired) electrons. The Morgan fingerprint density at radius 2 is 2.00 bits per heavy atom. The lowest BCUT2D eigenvalue weighted by Gasteiger charge is -2.30. The lowest BCUT2D eigenvalue weighted by molar-refractivity contribution is 0.0636. The second-order valence-corrected chi connectivity index (χ2v) is 7.47. The van der Waals surface area contributed by atoms with Gasteiger partial charge in [0.25, 0.3) is 5.91 Å². The zero-order valence-corrected chi connectivity index (χ0v) is 17.9. The van der Waals surface area contributed by atoms with Crippen LogP contribution in [0.15, 0.2) is 54.9 Å². The first-order chi connectivity index (χ1) is 14.2. The highest BCUT2D eigenvalue weighted by atomic mass is 35.5. The minimum absolute atomic E-state index is 0. The molecule has 1 aliphatic rings. The van der Waals surface area contributed by atoms with Crippen molar-refractivity contribution >= 4 is 18.3 Å². The summed E-state index contributed by atoms with van der Waals surface area (Å²) in [5, 5.41) is 11.8. The van der Waals surface area contributed by atoms with Crippen molar-refractivity contribution in [3.8, 4) is 5.69 Å². The van der Waals surface area contributed by atoms with Crippen LogP contribution in [0.1, 0.15) is 41.0 Å². The predicted octanol–water partition coefficient (Wildman–Crippen LogP) is 3.18. The van der Waals surface area contributed by atoms with E-state index in [4.69, 9.17) is 0 Å². The minimum Gasteiger partial charge on any atom is -0.328 e. The number of rotatable bonds is 5. The molecule has 1 N–H and O–H groups in total. The average molecular weight is 427 g/mol. The summed E-state index contributed by atoms with van der Waals surface area (Å²) in [5.41, 5.74) is 3.30. The molecule has 1 aromatic carbocycles. The van der Waals surface area contributed by atoms with Gasteiger partial charge in [0.05, 0.1) is 24.1 Å². The Balaban J connectivity index is 0.00000256. The third kappa shape index (κ3) is 5.23. The monoisotopic (exact) mass is 426 g/mol. The summed E-state index contributed by atoms with van der Waals surface area (Å²) in [5.74, 6) is -0.0964. The molecule has 0 saturated carbocycles. The molecule has 1 aliphatic heterocycles. The van der Waals surface area contributed by atoms with E-state index >= 15 is 0 Å². The number of amides is 1. The maximum atomic E-state index is 13.4. The second-order valence-electron chi connectivity index (χ2n) is 7.47. The standard InChI is InChI=1S/C22H26N6O.ClH/c1-17-7-9-20(10-8-17)28-16-21(25-26-28)22(29)27(15-18-5-2-3-13-24-18)19-6-4-12-23-14-11-19;/h2-3,5,7-10,13,16,19,23H,4,6,11-12,14-15H2,1H3;1H. The van der Waals surface area contributed by atoms with Crippen molar-refractivity contribution in [2.75, 3.05) is 13.1 Å². The number of benzene rings is 1. The first-order valence-electron chi connectivity index (χ1n) is 10.1. The lowest BCUT2D eigenvalue weighted by Crippen LogP contribution is -2.40. The van der Waals surface area contributed by atoms with Crippen molar-refractivity contribution in [2.24, 2.45) is 0 Å². The summed E-state index contributed by atoms with van der Waals surface area (Å²) in [6, 6.07) is 13.9. The number of nitrogens with zero attached hydrogens (tertiary/aromatic N) is 5. The number of aromatic nitrogens is 4. The summed E-state index contributed by atoms with van der Waals surface area (Å²) in [7, 11) is 0. The van der Waals surface area contributed by atoms with Gasteiger partial charge in [-0.1, -0.05) is 29.0 Å². The molecular formula is C22H27ClN6O. The molecule has 1 unspecified atom stereocenters. The second kappa shape index (κ2) is 10.3. The fourth-order valence-electron chi connectivity index (χ4n) is 3.68. The van der Waals surface area contributed by atoms with E-state index in [-0.39, 0.29) is 24.4 Å². The van der Waals surface area contributed by atoms with Crippen molar-refractivity contribution in [3.63, 3.8) is 0 Å². The van der Waals surface area contributed by atoms with Gasteiger partial charge in [-0.2, -0.15) is 0 Å². The quantitative estimate of drug-likeness (QED) is 0.678. The largest absolute Gasteiger partial charge is 0.328 e. The van der Waals surface area contributed by atoms with Crippen molar-refractivity contribution in [1.82, 2.24) is 30.2 Å². The molecule has 2 aromatic heterocycles. The van der Waals surface area contributed by atoms with Crippen LogP contribution < -0.4 is 5.32 Å². The fourth-order valence-corrected chi connectivity index (χ4v) is 3.68. The van der Waals surface area contributed by atoms with E-state index in [2.05, 4.69) is 20.6 Å². The van der Waals surface area contributed by atoms with E-state index < -0.39 is 0 Å². The van der Waals surface area contributed by atoms with E-state index in [0.717, 1.165) is 43.7 Å².